The second kappa shape index (κ2) is 9.31. The van der Waals surface area contributed by atoms with Gasteiger partial charge in [-0.15, -0.1) is 0 Å². The van der Waals surface area contributed by atoms with E-state index in [1.807, 2.05) is 13.0 Å². The summed E-state index contributed by atoms with van der Waals surface area (Å²) in [6.45, 7) is 5.61. The van der Waals surface area contributed by atoms with Gasteiger partial charge >= 0.3 is 0 Å². The minimum absolute atomic E-state index is 0.138. The molecule has 1 aromatic heterocycles. The minimum atomic E-state index is -3.70. The molecule has 0 saturated carbocycles. The fourth-order valence-corrected chi connectivity index (χ4v) is 5.08. The number of nitrogens with one attached hydrogen (secondary N) is 1. The summed E-state index contributed by atoms with van der Waals surface area (Å²) < 4.78 is 38.4. The first-order valence-corrected chi connectivity index (χ1v) is 11.7. The minimum Gasteiger partial charge on any atom is -0.379 e. The molecule has 0 unspecified atom stereocenters. The Hall–Kier alpha value is -2.53. The van der Waals surface area contributed by atoms with Gasteiger partial charge in [-0.05, 0) is 37.3 Å². The number of benzene rings is 1. The number of sulfonamides is 1. The van der Waals surface area contributed by atoms with Gasteiger partial charge in [-0.2, -0.15) is 4.31 Å². The summed E-state index contributed by atoms with van der Waals surface area (Å²) in [6, 6.07) is 10.1. The van der Waals surface area contributed by atoms with Crippen LogP contribution < -0.4 is 10.2 Å². The van der Waals surface area contributed by atoms with Gasteiger partial charge in [-0.3, -0.25) is 4.79 Å². The van der Waals surface area contributed by atoms with Gasteiger partial charge < -0.3 is 19.7 Å². The van der Waals surface area contributed by atoms with Crippen LogP contribution in [0.4, 0.5) is 11.4 Å². The Morgan fingerprint density at radius 2 is 1.68 bits per heavy atom. The highest BCUT2D eigenvalue weighted by Crippen LogP contribution is 2.31. The van der Waals surface area contributed by atoms with E-state index < -0.39 is 10.0 Å². The Bertz CT molecular complexity index is 1050. The predicted molar refractivity (Wildman–Crippen MR) is 116 cm³/mol. The lowest BCUT2D eigenvalue weighted by atomic mass is 10.2. The molecule has 4 rings (SSSR count). The van der Waals surface area contributed by atoms with Crippen molar-refractivity contribution in [3.05, 3.63) is 47.8 Å². The summed E-state index contributed by atoms with van der Waals surface area (Å²) in [5.74, 6) is -0.390. The zero-order valence-electron chi connectivity index (χ0n) is 17.4. The number of anilines is 2. The van der Waals surface area contributed by atoms with Crippen molar-refractivity contribution < 1.29 is 22.7 Å². The lowest BCUT2D eigenvalue weighted by Gasteiger charge is -2.31. The summed E-state index contributed by atoms with van der Waals surface area (Å²) >= 11 is 0. The van der Waals surface area contributed by atoms with E-state index >= 15 is 0 Å². The van der Waals surface area contributed by atoms with Crippen LogP contribution in [0.3, 0.4) is 0 Å². The quantitative estimate of drug-likeness (QED) is 0.743. The molecule has 2 aromatic rings. The van der Waals surface area contributed by atoms with E-state index in [0.717, 1.165) is 11.4 Å². The predicted octanol–water partition coefficient (Wildman–Crippen LogP) is 1.50. The average Bonchev–Trinajstić information content (AvgIpc) is 2.80. The summed E-state index contributed by atoms with van der Waals surface area (Å²) in [6.07, 6.45) is 0. The number of amides is 1. The molecular formula is C21H26N4O5S. The number of hydrogen-bond donors (Lipinski definition) is 1. The van der Waals surface area contributed by atoms with E-state index in [9.17, 15) is 13.2 Å². The molecule has 2 fully saturated rings. The van der Waals surface area contributed by atoms with Gasteiger partial charge in [0.05, 0.1) is 42.7 Å². The maximum absolute atomic E-state index is 13.1. The number of hydrogen-bond acceptors (Lipinski definition) is 7. The monoisotopic (exact) mass is 446 g/mol. The van der Waals surface area contributed by atoms with Crippen molar-refractivity contribution in [1.82, 2.24) is 9.29 Å². The van der Waals surface area contributed by atoms with Crippen LogP contribution in [0, 0.1) is 6.92 Å². The molecule has 1 N–H and O–H groups in total. The zero-order valence-corrected chi connectivity index (χ0v) is 18.2. The number of morpholine rings is 2. The summed E-state index contributed by atoms with van der Waals surface area (Å²) in [5, 5.41) is 2.88. The molecule has 2 saturated heterocycles. The number of rotatable bonds is 5. The smallest absolute Gasteiger partial charge is 0.274 e. The summed E-state index contributed by atoms with van der Waals surface area (Å²) in [7, 11) is -3.70. The highest BCUT2D eigenvalue weighted by Gasteiger charge is 2.28. The molecule has 0 bridgehead atoms. The second-order valence-corrected chi connectivity index (χ2v) is 9.35. The van der Waals surface area contributed by atoms with E-state index in [1.54, 1.807) is 24.3 Å². The number of carbonyl (C=O) groups excluding carboxylic acids is 1. The van der Waals surface area contributed by atoms with Crippen LogP contribution in [0.2, 0.25) is 0 Å². The van der Waals surface area contributed by atoms with Crippen molar-refractivity contribution in [2.45, 2.75) is 11.8 Å². The van der Waals surface area contributed by atoms with Gasteiger partial charge in [0.2, 0.25) is 10.0 Å². The van der Waals surface area contributed by atoms with Crippen molar-refractivity contribution in [3.8, 4) is 0 Å². The Kier molecular flexibility index (Phi) is 6.51. The highest BCUT2D eigenvalue weighted by molar-refractivity contribution is 7.89. The topological polar surface area (TPSA) is 101 Å². The molecule has 0 atom stereocenters. The number of nitrogens with zero attached hydrogens (tertiary/aromatic N) is 3. The molecule has 3 heterocycles. The molecule has 1 aromatic carbocycles. The lowest BCUT2D eigenvalue weighted by Crippen LogP contribution is -2.40. The van der Waals surface area contributed by atoms with Crippen LogP contribution >= 0.6 is 0 Å². The van der Waals surface area contributed by atoms with Gasteiger partial charge in [0, 0.05) is 31.9 Å². The Balaban J connectivity index is 1.68. The van der Waals surface area contributed by atoms with Crippen LogP contribution in [-0.2, 0) is 19.5 Å². The van der Waals surface area contributed by atoms with Crippen molar-refractivity contribution >= 4 is 27.3 Å². The van der Waals surface area contributed by atoms with Crippen molar-refractivity contribution in [3.63, 3.8) is 0 Å². The fraction of sp³-hybridized carbons (Fsp3) is 0.429. The molecule has 0 aliphatic carbocycles. The number of aryl methyl sites for hydroxylation is 1. The zero-order chi connectivity index (χ0) is 21.8. The van der Waals surface area contributed by atoms with E-state index in [2.05, 4.69) is 15.2 Å². The third-order valence-electron chi connectivity index (χ3n) is 5.30. The Morgan fingerprint density at radius 1 is 1.00 bits per heavy atom. The maximum atomic E-state index is 13.1. The third-order valence-corrected chi connectivity index (χ3v) is 7.19. The summed E-state index contributed by atoms with van der Waals surface area (Å²) in [5.41, 5.74) is 2.19. The van der Waals surface area contributed by atoms with Crippen molar-refractivity contribution in [1.29, 1.82) is 0 Å². The third kappa shape index (κ3) is 4.87. The first-order valence-electron chi connectivity index (χ1n) is 10.2. The lowest BCUT2D eigenvalue weighted by molar-refractivity contribution is 0.0730. The number of pyridine rings is 1. The standard InChI is InChI=1S/C21H26N4O5S/c1-16-3-2-4-18(22-16)21(26)23-19-15-17(31(27,28)25-9-13-30-14-10-25)5-6-20(19)24-7-11-29-12-8-24/h2-6,15H,7-14H2,1H3,(H,23,26). The van der Waals surface area contributed by atoms with Gasteiger partial charge in [-0.25, -0.2) is 13.4 Å². The van der Waals surface area contributed by atoms with E-state index in [-0.39, 0.29) is 16.5 Å². The SMILES string of the molecule is Cc1cccc(C(=O)Nc2cc(S(=O)(=O)N3CCOCC3)ccc2N2CCOCC2)n1. The van der Waals surface area contributed by atoms with Crippen LogP contribution in [-0.4, -0.2) is 76.2 Å². The molecule has 31 heavy (non-hydrogen) atoms. The van der Waals surface area contributed by atoms with Crippen LogP contribution in [0.15, 0.2) is 41.3 Å². The Morgan fingerprint density at radius 3 is 2.35 bits per heavy atom. The van der Waals surface area contributed by atoms with E-state index in [4.69, 9.17) is 9.47 Å². The maximum Gasteiger partial charge on any atom is 0.274 e. The molecule has 2 aliphatic rings. The second-order valence-electron chi connectivity index (χ2n) is 7.41. The van der Waals surface area contributed by atoms with E-state index in [1.165, 1.54) is 10.4 Å². The van der Waals surface area contributed by atoms with Gasteiger partial charge in [0.1, 0.15) is 5.69 Å². The average molecular weight is 447 g/mol. The van der Waals surface area contributed by atoms with Crippen LogP contribution in [0.25, 0.3) is 0 Å². The van der Waals surface area contributed by atoms with E-state index in [0.29, 0.717) is 58.3 Å². The fourth-order valence-electron chi connectivity index (χ4n) is 3.65. The molecule has 166 valence electrons. The number of aromatic nitrogens is 1. The van der Waals surface area contributed by atoms with Crippen molar-refractivity contribution in [2.75, 3.05) is 62.8 Å². The largest absolute Gasteiger partial charge is 0.379 e. The molecule has 0 spiro atoms. The first-order chi connectivity index (χ1) is 14.9. The highest BCUT2D eigenvalue weighted by atomic mass is 32.2. The number of carbonyl (C=O) groups is 1. The van der Waals surface area contributed by atoms with Crippen LogP contribution in [0.1, 0.15) is 16.2 Å². The first kappa shape index (κ1) is 21.7. The Labute approximate surface area is 182 Å². The molecule has 1 amide bonds. The van der Waals surface area contributed by atoms with Crippen molar-refractivity contribution in [2.24, 2.45) is 0 Å². The van der Waals surface area contributed by atoms with Gasteiger partial charge in [0.15, 0.2) is 0 Å². The normalized spacial score (nSPS) is 18.0. The van der Waals surface area contributed by atoms with Gasteiger partial charge in [-0.1, -0.05) is 6.07 Å². The molecule has 9 nitrogen and oxygen atoms in total. The molecule has 10 heteroatoms. The summed E-state index contributed by atoms with van der Waals surface area (Å²) in [4.78, 5) is 19.4. The van der Waals surface area contributed by atoms with Crippen LogP contribution in [0.5, 0.6) is 0 Å². The van der Waals surface area contributed by atoms with Gasteiger partial charge in [0.25, 0.3) is 5.91 Å². The molecule has 2 aliphatic heterocycles. The number of ether oxygens (including phenoxy) is 2. The molecule has 0 radical (unpaired) electrons. The molecular weight excluding hydrogens is 420 g/mol.